The topological polar surface area (TPSA) is 105 Å². The number of imidazole rings is 1. The maximum atomic E-state index is 14.0. The highest BCUT2D eigenvalue weighted by Gasteiger charge is 2.19. The quantitative estimate of drug-likeness (QED) is 0.622. The number of nitrogens with zero attached hydrogens (tertiary/aromatic N) is 4. The van der Waals surface area contributed by atoms with E-state index in [0.29, 0.717) is 27.7 Å². The molecule has 1 heterocycles. The number of rotatable bonds is 6. The normalized spacial score (nSPS) is 12.1. The van der Waals surface area contributed by atoms with E-state index in [0.717, 1.165) is 4.31 Å². The average Bonchev–Trinajstić information content (AvgIpc) is 3.10. The van der Waals surface area contributed by atoms with Crippen LogP contribution >= 0.6 is 12.4 Å². The molecule has 0 saturated heterocycles. The lowest BCUT2D eigenvalue weighted by molar-refractivity contribution is 0.521. The van der Waals surface area contributed by atoms with Crippen LogP contribution in [0.1, 0.15) is 5.56 Å². The highest BCUT2D eigenvalue weighted by atomic mass is 35.5. The van der Waals surface area contributed by atoms with Crippen LogP contribution in [0.2, 0.25) is 0 Å². The van der Waals surface area contributed by atoms with Gasteiger partial charge in [-0.15, -0.1) is 12.4 Å². The summed E-state index contributed by atoms with van der Waals surface area (Å²) in [5.74, 6) is -0.408. The third kappa shape index (κ3) is 4.52. The fourth-order valence-electron chi connectivity index (χ4n) is 2.96. The van der Waals surface area contributed by atoms with Crippen LogP contribution in [0.25, 0.3) is 22.2 Å². The van der Waals surface area contributed by atoms with Crippen molar-refractivity contribution in [1.29, 1.82) is 5.26 Å². The predicted molar refractivity (Wildman–Crippen MR) is 116 cm³/mol. The Balaban J connectivity index is 0.00000320. The zero-order chi connectivity index (χ0) is 21.2. The van der Waals surface area contributed by atoms with Gasteiger partial charge in [0.2, 0.25) is 10.0 Å². The van der Waals surface area contributed by atoms with Gasteiger partial charge in [-0.25, -0.2) is 22.1 Å². The fourth-order valence-corrected chi connectivity index (χ4v) is 3.91. The van der Waals surface area contributed by atoms with Gasteiger partial charge in [-0.2, -0.15) is 5.26 Å². The van der Waals surface area contributed by atoms with Crippen molar-refractivity contribution in [2.24, 2.45) is 5.73 Å². The minimum Gasteiger partial charge on any atom is -0.327 e. The monoisotopic (exact) mass is 449 g/mol. The van der Waals surface area contributed by atoms with Crippen molar-refractivity contribution < 1.29 is 12.8 Å². The van der Waals surface area contributed by atoms with Gasteiger partial charge in [0.25, 0.3) is 0 Å². The molecule has 0 aliphatic carbocycles. The minimum absolute atomic E-state index is 0. The first-order chi connectivity index (χ1) is 13.8. The summed E-state index contributed by atoms with van der Waals surface area (Å²) >= 11 is 0. The molecule has 0 amide bonds. The number of fused-ring (bicyclic) bond motifs is 1. The van der Waals surface area contributed by atoms with Crippen molar-refractivity contribution in [2.45, 2.75) is 11.4 Å². The molecule has 0 unspecified atom stereocenters. The van der Waals surface area contributed by atoms with E-state index in [1.165, 1.54) is 32.6 Å². The number of hydrogen-bond donors (Lipinski definition) is 1. The Morgan fingerprint density at radius 2 is 2.07 bits per heavy atom. The average molecular weight is 450 g/mol. The number of benzene rings is 2. The molecule has 0 fully saturated rings. The Bertz CT molecular complexity index is 1250. The maximum Gasteiger partial charge on any atom is 0.242 e. The molecule has 0 bridgehead atoms. The van der Waals surface area contributed by atoms with Gasteiger partial charge >= 0.3 is 0 Å². The first-order valence-electron chi connectivity index (χ1n) is 8.74. The lowest BCUT2D eigenvalue weighted by Gasteiger charge is -2.13. The van der Waals surface area contributed by atoms with Crippen LogP contribution in [-0.4, -0.2) is 42.9 Å². The Hall–Kier alpha value is -2.77. The molecular weight excluding hydrogens is 429 g/mol. The standard InChI is InChI=1S/C20H20FN5O2S.ClH/c1-25(2)29(27,28)17-5-3-4-15(10-17)18-8-14(11-23)9-19-20(18)24-13-26(19)12-16(21)6-7-22;/h3-6,8-10,13H,7,12,22H2,1-2H3;1H/b16-6-;. The van der Waals surface area contributed by atoms with Crippen molar-refractivity contribution in [2.75, 3.05) is 20.6 Å². The number of allylic oxidation sites excluding steroid dienone is 1. The van der Waals surface area contributed by atoms with Crippen LogP contribution in [0.15, 0.2) is 59.5 Å². The van der Waals surface area contributed by atoms with Gasteiger partial charge in [0.15, 0.2) is 0 Å². The molecule has 30 heavy (non-hydrogen) atoms. The van der Waals surface area contributed by atoms with Gasteiger partial charge in [-0.05, 0) is 35.9 Å². The second kappa shape index (κ2) is 9.36. The van der Waals surface area contributed by atoms with E-state index in [4.69, 9.17) is 5.73 Å². The third-order valence-corrected chi connectivity index (χ3v) is 6.25. The van der Waals surface area contributed by atoms with Gasteiger partial charge in [-0.3, -0.25) is 0 Å². The summed E-state index contributed by atoms with van der Waals surface area (Å²) in [6, 6.07) is 11.8. The van der Waals surface area contributed by atoms with Crippen LogP contribution in [0.5, 0.6) is 0 Å². The molecule has 158 valence electrons. The van der Waals surface area contributed by atoms with Crippen LogP contribution < -0.4 is 5.73 Å². The third-order valence-electron chi connectivity index (χ3n) is 4.44. The first kappa shape index (κ1) is 23.5. The second-order valence-electron chi connectivity index (χ2n) is 6.58. The second-order valence-corrected chi connectivity index (χ2v) is 8.73. The van der Waals surface area contributed by atoms with Gasteiger partial charge in [-0.1, -0.05) is 12.1 Å². The minimum atomic E-state index is -3.62. The van der Waals surface area contributed by atoms with Gasteiger partial charge in [0.1, 0.15) is 5.83 Å². The Labute approximate surface area is 180 Å². The van der Waals surface area contributed by atoms with E-state index < -0.39 is 15.9 Å². The fraction of sp³-hybridized carbons (Fsp3) is 0.200. The highest BCUT2D eigenvalue weighted by molar-refractivity contribution is 7.89. The molecule has 0 spiro atoms. The Morgan fingerprint density at radius 1 is 1.33 bits per heavy atom. The molecule has 10 heteroatoms. The molecule has 2 N–H and O–H groups in total. The number of nitriles is 1. The summed E-state index contributed by atoms with van der Waals surface area (Å²) in [5.41, 5.74) is 8.02. The van der Waals surface area contributed by atoms with Gasteiger partial charge < -0.3 is 10.3 Å². The lowest BCUT2D eigenvalue weighted by atomic mass is 10.0. The Morgan fingerprint density at radius 3 is 2.70 bits per heavy atom. The van der Waals surface area contributed by atoms with E-state index in [1.54, 1.807) is 34.9 Å². The number of aromatic nitrogens is 2. The summed E-state index contributed by atoms with van der Waals surface area (Å²) in [6.07, 6.45) is 2.76. The predicted octanol–water partition coefficient (Wildman–Crippen LogP) is 3.06. The molecule has 0 aliphatic rings. The van der Waals surface area contributed by atoms with E-state index in [-0.39, 0.29) is 30.4 Å². The van der Waals surface area contributed by atoms with Crippen LogP contribution in [0, 0.1) is 11.3 Å². The van der Waals surface area contributed by atoms with Crippen LogP contribution in [0.3, 0.4) is 0 Å². The van der Waals surface area contributed by atoms with Crippen molar-refractivity contribution in [3.63, 3.8) is 0 Å². The zero-order valence-electron chi connectivity index (χ0n) is 16.4. The van der Waals surface area contributed by atoms with Crippen molar-refractivity contribution >= 4 is 33.5 Å². The van der Waals surface area contributed by atoms with Crippen molar-refractivity contribution in [1.82, 2.24) is 13.9 Å². The summed E-state index contributed by atoms with van der Waals surface area (Å²) in [6.45, 7) is 0.0252. The molecule has 0 saturated carbocycles. The summed E-state index contributed by atoms with van der Waals surface area (Å²) in [4.78, 5) is 4.51. The SMILES string of the molecule is CN(C)S(=O)(=O)c1cccc(-c2cc(C#N)cc3c2ncn3C/C(F)=C/CN)c1.Cl. The molecule has 7 nitrogen and oxygen atoms in total. The summed E-state index contributed by atoms with van der Waals surface area (Å²) < 4.78 is 41.6. The van der Waals surface area contributed by atoms with E-state index in [9.17, 15) is 18.1 Å². The molecule has 2 aromatic carbocycles. The smallest absolute Gasteiger partial charge is 0.242 e. The molecule has 1 aromatic heterocycles. The van der Waals surface area contributed by atoms with Gasteiger partial charge in [0, 0.05) is 26.2 Å². The molecule has 3 aromatic rings. The van der Waals surface area contributed by atoms with E-state index in [1.807, 2.05) is 0 Å². The van der Waals surface area contributed by atoms with Crippen LogP contribution in [-0.2, 0) is 16.6 Å². The molecular formula is C20H21ClFN5O2S. The van der Waals surface area contributed by atoms with Crippen LogP contribution in [0.4, 0.5) is 4.39 Å². The summed E-state index contributed by atoms with van der Waals surface area (Å²) in [7, 11) is -0.700. The molecule has 3 rings (SSSR count). The molecule has 0 radical (unpaired) electrons. The highest BCUT2D eigenvalue weighted by Crippen LogP contribution is 2.31. The number of sulfonamides is 1. The number of hydrogen-bond acceptors (Lipinski definition) is 5. The van der Waals surface area contributed by atoms with Gasteiger partial charge in [0.05, 0.1) is 40.4 Å². The van der Waals surface area contributed by atoms with E-state index >= 15 is 0 Å². The number of halogens is 2. The summed E-state index contributed by atoms with van der Waals surface area (Å²) in [5, 5.41) is 9.44. The first-order valence-corrected chi connectivity index (χ1v) is 10.2. The number of nitrogens with two attached hydrogens (primary N) is 1. The zero-order valence-corrected chi connectivity index (χ0v) is 18.0. The molecule has 0 aliphatic heterocycles. The molecule has 0 atom stereocenters. The largest absolute Gasteiger partial charge is 0.327 e. The van der Waals surface area contributed by atoms with E-state index in [2.05, 4.69) is 11.1 Å². The Kier molecular flexibility index (Phi) is 7.34. The lowest BCUT2D eigenvalue weighted by Crippen LogP contribution is -2.22. The maximum absolute atomic E-state index is 14.0. The van der Waals surface area contributed by atoms with Crippen molar-refractivity contribution in [3.05, 3.63) is 60.2 Å². The van der Waals surface area contributed by atoms with Crippen molar-refractivity contribution in [3.8, 4) is 17.2 Å².